The summed E-state index contributed by atoms with van der Waals surface area (Å²) in [6.07, 6.45) is 1.86. The highest BCUT2D eigenvalue weighted by Crippen LogP contribution is 2.21. The van der Waals surface area contributed by atoms with Gasteiger partial charge < -0.3 is 15.7 Å². The minimum Gasteiger partial charge on any atom is -0.395 e. The minimum absolute atomic E-state index is 0.0620. The molecule has 0 unspecified atom stereocenters. The van der Waals surface area contributed by atoms with Crippen LogP contribution in [0.4, 0.5) is 5.69 Å². The molecule has 6 heteroatoms. The minimum atomic E-state index is -0.168. The summed E-state index contributed by atoms with van der Waals surface area (Å²) in [6.45, 7) is 4.78. The number of rotatable bonds is 6. The summed E-state index contributed by atoms with van der Waals surface area (Å²) in [6, 6.07) is 5.58. The molecule has 0 aliphatic carbocycles. The number of thiazole rings is 1. The maximum atomic E-state index is 12.0. The van der Waals surface area contributed by atoms with Crippen LogP contribution >= 0.6 is 11.3 Å². The number of carbonyl (C=O) groups excluding carboxylic acids is 1. The lowest BCUT2D eigenvalue weighted by Gasteiger charge is -2.12. The molecule has 2 aromatic rings. The van der Waals surface area contributed by atoms with Crippen LogP contribution in [0.3, 0.4) is 0 Å². The van der Waals surface area contributed by atoms with Crippen LogP contribution in [0.1, 0.15) is 25.8 Å². The van der Waals surface area contributed by atoms with Crippen molar-refractivity contribution in [3.8, 4) is 0 Å². The lowest BCUT2D eigenvalue weighted by Crippen LogP contribution is -2.27. The number of aliphatic hydroxyl groups excluding tert-OH is 1. The molecule has 0 saturated carbocycles. The average Bonchev–Trinajstić information content (AvgIpc) is 2.89. The number of benzene rings is 1. The molecule has 0 aliphatic heterocycles. The molecule has 0 fully saturated rings. The van der Waals surface area contributed by atoms with E-state index in [1.165, 1.54) is 0 Å². The average molecular weight is 305 g/mol. The molecule has 0 atom stereocenters. The second kappa shape index (κ2) is 7.19. The monoisotopic (exact) mass is 305 g/mol. The second-order valence-corrected chi connectivity index (χ2v) is 5.98. The molecule has 112 valence electrons. The summed E-state index contributed by atoms with van der Waals surface area (Å²) in [5, 5.41) is 15.8. The van der Waals surface area contributed by atoms with Crippen molar-refractivity contribution in [3.63, 3.8) is 0 Å². The zero-order valence-electron chi connectivity index (χ0n) is 12.1. The van der Waals surface area contributed by atoms with E-state index in [2.05, 4.69) is 15.6 Å². The van der Waals surface area contributed by atoms with Crippen LogP contribution in [-0.2, 0) is 6.54 Å². The van der Waals surface area contributed by atoms with E-state index in [0.717, 1.165) is 21.1 Å². The van der Waals surface area contributed by atoms with Crippen LogP contribution in [0.5, 0.6) is 0 Å². The second-order valence-electron chi connectivity index (χ2n) is 4.66. The molecule has 0 saturated heterocycles. The van der Waals surface area contributed by atoms with E-state index in [4.69, 9.17) is 5.11 Å². The number of nitrogens with zero attached hydrogens (tertiary/aromatic N) is 1. The first-order chi connectivity index (χ1) is 10.1. The number of carbonyl (C=O) groups is 1. The maximum Gasteiger partial charge on any atom is 0.251 e. The fourth-order valence-electron chi connectivity index (χ4n) is 2.01. The molecular weight excluding hydrogens is 286 g/mol. The van der Waals surface area contributed by atoms with Gasteiger partial charge in [0.2, 0.25) is 0 Å². The summed E-state index contributed by atoms with van der Waals surface area (Å²) >= 11 is 1.65. The third-order valence-corrected chi connectivity index (χ3v) is 4.01. The zero-order chi connectivity index (χ0) is 15.2. The van der Waals surface area contributed by atoms with Crippen LogP contribution in [0.2, 0.25) is 0 Å². The molecular formula is C15H19N3O2S. The SMILES string of the molecule is Cc1ncc(CNc2cccc(C(=O)NCCO)c2C)s1. The van der Waals surface area contributed by atoms with Crippen molar-refractivity contribution in [1.82, 2.24) is 10.3 Å². The van der Waals surface area contributed by atoms with Gasteiger partial charge in [-0.3, -0.25) is 4.79 Å². The lowest BCUT2D eigenvalue weighted by atomic mass is 10.1. The van der Waals surface area contributed by atoms with Crippen molar-refractivity contribution < 1.29 is 9.90 Å². The van der Waals surface area contributed by atoms with E-state index in [9.17, 15) is 4.79 Å². The Morgan fingerprint density at radius 2 is 2.19 bits per heavy atom. The van der Waals surface area contributed by atoms with E-state index in [1.807, 2.05) is 32.2 Å². The standard InChI is InChI=1S/C15H19N3O2S/c1-10-13(15(20)16-6-7-19)4-3-5-14(10)18-9-12-8-17-11(2)21-12/h3-5,8,18-19H,6-7,9H2,1-2H3,(H,16,20). The molecule has 1 aromatic heterocycles. The van der Waals surface area contributed by atoms with Gasteiger partial charge in [-0.25, -0.2) is 4.98 Å². The molecule has 3 N–H and O–H groups in total. The van der Waals surface area contributed by atoms with Gasteiger partial charge in [-0.05, 0) is 31.5 Å². The molecule has 1 amide bonds. The summed E-state index contributed by atoms with van der Waals surface area (Å²) in [5.74, 6) is -0.168. The molecule has 5 nitrogen and oxygen atoms in total. The highest BCUT2D eigenvalue weighted by atomic mass is 32.1. The van der Waals surface area contributed by atoms with Crippen molar-refractivity contribution in [3.05, 3.63) is 45.4 Å². The smallest absolute Gasteiger partial charge is 0.251 e. The van der Waals surface area contributed by atoms with Gasteiger partial charge in [0.05, 0.1) is 18.2 Å². The number of anilines is 1. The molecule has 0 aliphatic rings. The summed E-state index contributed by atoms with van der Waals surface area (Å²) in [7, 11) is 0. The number of nitrogens with one attached hydrogen (secondary N) is 2. The number of aryl methyl sites for hydroxylation is 1. The molecule has 2 rings (SSSR count). The van der Waals surface area contributed by atoms with Crippen molar-refractivity contribution in [2.45, 2.75) is 20.4 Å². The van der Waals surface area contributed by atoms with Crippen LogP contribution in [0.15, 0.2) is 24.4 Å². The van der Waals surface area contributed by atoms with Gasteiger partial charge in [-0.1, -0.05) is 6.07 Å². The molecule has 0 spiro atoms. The van der Waals surface area contributed by atoms with Crippen molar-refractivity contribution in [2.24, 2.45) is 0 Å². The number of aliphatic hydroxyl groups is 1. The summed E-state index contributed by atoms with van der Waals surface area (Å²) in [5.41, 5.74) is 2.45. The topological polar surface area (TPSA) is 74.2 Å². The molecule has 21 heavy (non-hydrogen) atoms. The fourth-order valence-corrected chi connectivity index (χ4v) is 2.74. The van der Waals surface area contributed by atoms with Crippen molar-refractivity contribution >= 4 is 22.9 Å². The Labute approximate surface area is 128 Å². The normalized spacial score (nSPS) is 10.4. The predicted octanol–water partition coefficient (Wildman–Crippen LogP) is 2.09. The third kappa shape index (κ3) is 4.03. The van der Waals surface area contributed by atoms with E-state index in [0.29, 0.717) is 12.1 Å². The van der Waals surface area contributed by atoms with Gasteiger partial charge in [0.25, 0.3) is 5.91 Å². The number of amides is 1. The lowest BCUT2D eigenvalue weighted by molar-refractivity contribution is 0.0944. The van der Waals surface area contributed by atoms with Crippen molar-refractivity contribution in [2.75, 3.05) is 18.5 Å². The molecule has 1 heterocycles. The zero-order valence-corrected chi connectivity index (χ0v) is 13.0. The number of hydrogen-bond donors (Lipinski definition) is 3. The van der Waals surface area contributed by atoms with E-state index >= 15 is 0 Å². The maximum absolute atomic E-state index is 12.0. The van der Waals surface area contributed by atoms with Gasteiger partial charge in [-0.15, -0.1) is 11.3 Å². The predicted molar refractivity (Wildman–Crippen MR) is 84.8 cm³/mol. The largest absolute Gasteiger partial charge is 0.395 e. The van der Waals surface area contributed by atoms with Crippen LogP contribution in [-0.4, -0.2) is 29.1 Å². The Morgan fingerprint density at radius 3 is 2.86 bits per heavy atom. The van der Waals surface area contributed by atoms with Crippen LogP contribution in [0.25, 0.3) is 0 Å². The quantitative estimate of drug-likeness (QED) is 0.764. The third-order valence-electron chi connectivity index (χ3n) is 3.10. The summed E-state index contributed by atoms with van der Waals surface area (Å²) < 4.78 is 0. The first-order valence-electron chi connectivity index (χ1n) is 6.75. The number of aromatic nitrogens is 1. The van der Waals surface area contributed by atoms with Crippen LogP contribution in [0, 0.1) is 13.8 Å². The number of hydrogen-bond acceptors (Lipinski definition) is 5. The van der Waals surface area contributed by atoms with Gasteiger partial charge >= 0.3 is 0 Å². The van der Waals surface area contributed by atoms with E-state index in [1.54, 1.807) is 17.4 Å². The van der Waals surface area contributed by atoms with E-state index in [-0.39, 0.29) is 19.1 Å². The first-order valence-corrected chi connectivity index (χ1v) is 7.57. The fraction of sp³-hybridized carbons (Fsp3) is 0.333. The first kappa shape index (κ1) is 15.5. The van der Waals surface area contributed by atoms with Crippen LogP contribution < -0.4 is 10.6 Å². The Morgan fingerprint density at radius 1 is 1.38 bits per heavy atom. The van der Waals surface area contributed by atoms with Gasteiger partial charge in [0, 0.05) is 28.9 Å². The Bertz CT molecular complexity index is 625. The van der Waals surface area contributed by atoms with Gasteiger partial charge in [0.1, 0.15) is 0 Å². The van der Waals surface area contributed by atoms with Crippen molar-refractivity contribution in [1.29, 1.82) is 0 Å². The Balaban J connectivity index is 2.08. The Hall–Kier alpha value is -1.92. The van der Waals surface area contributed by atoms with E-state index < -0.39 is 0 Å². The Kier molecular flexibility index (Phi) is 5.30. The molecule has 0 radical (unpaired) electrons. The molecule has 0 bridgehead atoms. The highest BCUT2D eigenvalue weighted by Gasteiger charge is 2.11. The highest BCUT2D eigenvalue weighted by molar-refractivity contribution is 7.11. The molecule has 1 aromatic carbocycles. The summed E-state index contributed by atoms with van der Waals surface area (Å²) in [4.78, 5) is 17.4. The van der Waals surface area contributed by atoms with Gasteiger partial charge in [-0.2, -0.15) is 0 Å². The van der Waals surface area contributed by atoms with Gasteiger partial charge in [0.15, 0.2) is 0 Å².